The van der Waals surface area contributed by atoms with E-state index < -0.39 is 0 Å². The van der Waals surface area contributed by atoms with Crippen molar-refractivity contribution in [3.05, 3.63) is 35.9 Å². The average Bonchev–Trinajstić information content (AvgIpc) is 2.26. The van der Waals surface area contributed by atoms with Gasteiger partial charge >= 0.3 is 0 Å². The molecule has 3 heteroatoms. The van der Waals surface area contributed by atoms with Crippen molar-refractivity contribution in [1.29, 1.82) is 5.41 Å². The van der Waals surface area contributed by atoms with Crippen LogP contribution in [0.5, 0.6) is 0 Å². The summed E-state index contributed by atoms with van der Waals surface area (Å²) in [6.07, 6.45) is 0.640. The summed E-state index contributed by atoms with van der Waals surface area (Å²) in [6.45, 7) is 6.16. The maximum Gasteiger partial charge on any atom is 0.0920 e. The highest BCUT2D eigenvalue weighted by Crippen LogP contribution is 2.09. The fraction of sp³-hybridized carbons (Fsp3) is 0.462. The van der Waals surface area contributed by atoms with Gasteiger partial charge in [-0.25, -0.2) is 0 Å². The molecule has 0 amide bonds. The van der Waals surface area contributed by atoms with E-state index in [9.17, 15) is 0 Å². The van der Waals surface area contributed by atoms with E-state index in [1.807, 2.05) is 6.07 Å². The summed E-state index contributed by atoms with van der Waals surface area (Å²) < 4.78 is 0. The Morgan fingerprint density at radius 2 is 2.00 bits per heavy atom. The largest absolute Gasteiger partial charge is 0.388 e. The first kappa shape index (κ1) is 12.7. The molecule has 1 aromatic carbocycles. The normalized spacial score (nSPS) is 12.7. The van der Waals surface area contributed by atoms with E-state index in [1.54, 1.807) is 0 Å². The highest BCUT2D eigenvalue weighted by molar-refractivity contribution is 5.77. The highest BCUT2D eigenvalue weighted by atomic mass is 15.1. The molecule has 3 nitrogen and oxygen atoms in total. The van der Waals surface area contributed by atoms with Gasteiger partial charge in [-0.1, -0.05) is 37.3 Å². The van der Waals surface area contributed by atoms with Crippen molar-refractivity contribution < 1.29 is 0 Å². The smallest absolute Gasteiger partial charge is 0.0920 e. The van der Waals surface area contributed by atoms with Crippen LogP contribution >= 0.6 is 0 Å². The Kier molecular flexibility index (Phi) is 4.99. The van der Waals surface area contributed by atoms with Crippen molar-refractivity contribution >= 4 is 5.84 Å². The molecule has 0 aliphatic heterocycles. The number of nitrogens with two attached hydrogens (primary N) is 1. The van der Waals surface area contributed by atoms with Crippen molar-refractivity contribution in [2.24, 2.45) is 5.73 Å². The summed E-state index contributed by atoms with van der Waals surface area (Å²) in [7, 11) is 0. The van der Waals surface area contributed by atoms with Crippen LogP contribution in [0.4, 0.5) is 0 Å². The van der Waals surface area contributed by atoms with Gasteiger partial charge in [0, 0.05) is 19.0 Å². The molecule has 0 aliphatic carbocycles. The molecule has 0 fully saturated rings. The lowest BCUT2D eigenvalue weighted by molar-refractivity contribution is 0.215. The molecule has 0 spiro atoms. The van der Waals surface area contributed by atoms with Crippen molar-refractivity contribution in [3.63, 3.8) is 0 Å². The topological polar surface area (TPSA) is 53.1 Å². The van der Waals surface area contributed by atoms with E-state index in [-0.39, 0.29) is 5.84 Å². The summed E-state index contributed by atoms with van der Waals surface area (Å²) in [5.41, 5.74) is 6.74. The van der Waals surface area contributed by atoms with Gasteiger partial charge in [-0.15, -0.1) is 0 Å². The van der Waals surface area contributed by atoms with Crippen molar-refractivity contribution in [1.82, 2.24) is 4.90 Å². The van der Waals surface area contributed by atoms with E-state index in [0.29, 0.717) is 12.5 Å². The van der Waals surface area contributed by atoms with Crippen LogP contribution in [-0.4, -0.2) is 23.3 Å². The predicted molar refractivity (Wildman–Crippen MR) is 68.5 cm³/mol. The fourth-order valence-electron chi connectivity index (χ4n) is 1.84. The third-order valence-electron chi connectivity index (χ3n) is 2.77. The monoisotopic (exact) mass is 219 g/mol. The first-order valence-corrected chi connectivity index (χ1v) is 5.74. The van der Waals surface area contributed by atoms with Crippen LogP contribution in [0.2, 0.25) is 0 Å². The van der Waals surface area contributed by atoms with E-state index in [0.717, 1.165) is 13.1 Å². The summed E-state index contributed by atoms with van der Waals surface area (Å²) in [6, 6.07) is 10.7. The van der Waals surface area contributed by atoms with Gasteiger partial charge in [0.2, 0.25) is 0 Å². The third-order valence-corrected chi connectivity index (χ3v) is 2.77. The number of rotatable bonds is 6. The van der Waals surface area contributed by atoms with Gasteiger partial charge in [0.15, 0.2) is 0 Å². The Labute approximate surface area is 97.8 Å². The highest BCUT2D eigenvalue weighted by Gasteiger charge is 2.12. The Balaban J connectivity index is 2.58. The van der Waals surface area contributed by atoms with Crippen LogP contribution in [-0.2, 0) is 6.54 Å². The Morgan fingerprint density at radius 1 is 1.38 bits per heavy atom. The standard InChI is InChI=1S/C13H21N3/c1-3-16(11(2)9-13(14)15)10-12-7-5-4-6-8-12/h4-8,11H,3,9-10H2,1-2H3,(H3,14,15). The molecule has 1 atom stereocenters. The molecule has 0 aromatic heterocycles. The molecule has 0 aliphatic rings. The molecule has 0 saturated heterocycles. The number of amidine groups is 1. The van der Waals surface area contributed by atoms with E-state index in [1.165, 1.54) is 5.56 Å². The zero-order chi connectivity index (χ0) is 12.0. The number of hydrogen-bond donors (Lipinski definition) is 2. The van der Waals surface area contributed by atoms with Gasteiger partial charge in [0.05, 0.1) is 5.84 Å². The molecule has 1 aromatic rings. The van der Waals surface area contributed by atoms with Gasteiger partial charge in [0.1, 0.15) is 0 Å². The molecule has 3 N–H and O–H groups in total. The van der Waals surface area contributed by atoms with Crippen LogP contribution < -0.4 is 5.73 Å². The maximum absolute atomic E-state index is 7.32. The second-order valence-corrected chi connectivity index (χ2v) is 4.13. The number of nitrogens with zero attached hydrogens (tertiary/aromatic N) is 1. The van der Waals surface area contributed by atoms with Crippen LogP contribution in [0.1, 0.15) is 25.8 Å². The van der Waals surface area contributed by atoms with Crippen LogP contribution in [0, 0.1) is 5.41 Å². The second-order valence-electron chi connectivity index (χ2n) is 4.13. The molecule has 16 heavy (non-hydrogen) atoms. The summed E-state index contributed by atoms with van der Waals surface area (Å²) in [5, 5.41) is 7.32. The SMILES string of the molecule is CCN(Cc1ccccc1)C(C)CC(=N)N. The van der Waals surface area contributed by atoms with Gasteiger partial charge in [-0.3, -0.25) is 10.3 Å². The van der Waals surface area contributed by atoms with E-state index in [2.05, 4.69) is 43.0 Å². The molecular weight excluding hydrogens is 198 g/mol. The molecule has 0 heterocycles. The number of nitrogens with one attached hydrogen (secondary N) is 1. The van der Waals surface area contributed by atoms with Crippen molar-refractivity contribution in [2.45, 2.75) is 32.9 Å². The van der Waals surface area contributed by atoms with Gasteiger partial charge < -0.3 is 5.73 Å². The Hall–Kier alpha value is -1.35. The average molecular weight is 219 g/mol. The summed E-state index contributed by atoms with van der Waals surface area (Å²) in [5.74, 6) is 0.263. The molecule has 0 saturated carbocycles. The molecule has 1 unspecified atom stereocenters. The van der Waals surface area contributed by atoms with Crippen LogP contribution in [0.25, 0.3) is 0 Å². The first-order chi connectivity index (χ1) is 7.63. The Bertz CT molecular complexity index is 321. The lowest BCUT2D eigenvalue weighted by Gasteiger charge is -2.27. The minimum absolute atomic E-state index is 0.263. The minimum Gasteiger partial charge on any atom is -0.388 e. The third kappa shape index (κ3) is 4.03. The number of hydrogen-bond acceptors (Lipinski definition) is 2. The lowest BCUT2D eigenvalue weighted by atomic mass is 10.1. The molecule has 0 bridgehead atoms. The fourth-order valence-corrected chi connectivity index (χ4v) is 1.84. The minimum atomic E-state index is 0.263. The van der Waals surface area contributed by atoms with Gasteiger partial charge in [-0.2, -0.15) is 0 Å². The zero-order valence-corrected chi connectivity index (χ0v) is 10.1. The lowest BCUT2D eigenvalue weighted by Crippen LogP contribution is -2.35. The molecule has 1 rings (SSSR count). The van der Waals surface area contributed by atoms with Gasteiger partial charge in [0.25, 0.3) is 0 Å². The number of benzene rings is 1. The van der Waals surface area contributed by atoms with Crippen molar-refractivity contribution in [2.75, 3.05) is 6.54 Å². The summed E-state index contributed by atoms with van der Waals surface area (Å²) in [4.78, 5) is 2.33. The molecule has 88 valence electrons. The first-order valence-electron chi connectivity index (χ1n) is 5.74. The maximum atomic E-state index is 7.32. The molecule has 0 radical (unpaired) electrons. The Morgan fingerprint density at radius 3 is 2.50 bits per heavy atom. The van der Waals surface area contributed by atoms with Crippen molar-refractivity contribution in [3.8, 4) is 0 Å². The van der Waals surface area contributed by atoms with Crippen LogP contribution in [0.3, 0.4) is 0 Å². The quantitative estimate of drug-likeness (QED) is 0.569. The van der Waals surface area contributed by atoms with E-state index in [4.69, 9.17) is 11.1 Å². The van der Waals surface area contributed by atoms with Gasteiger partial charge in [-0.05, 0) is 19.0 Å². The predicted octanol–water partition coefficient (Wildman–Crippen LogP) is 2.22. The van der Waals surface area contributed by atoms with Crippen LogP contribution in [0.15, 0.2) is 30.3 Å². The summed E-state index contributed by atoms with van der Waals surface area (Å²) >= 11 is 0. The van der Waals surface area contributed by atoms with E-state index >= 15 is 0 Å². The second kappa shape index (κ2) is 6.28. The molecular formula is C13H21N3. The zero-order valence-electron chi connectivity index (χ0n) is 10.1.